The summed E-state index contributed by atoms with van der Waals surface area (Å²) in [6.07, 6.45) is -3.09. The van der Waals surface area contributed by atoms with E-state index in [9.17, 15) is 26.4 Å². The van der Waals surface area contributed by atoms with Gasteiger partial charge in [-0.25, -0.2) is 8.42 Å². The molecule has 32 heavy (non-hydrogen) atoms. The lowest BCUT2D eigenvalue weighted by Crippen LogP contribution is -2.41. The molecule has 0 aromatic heterocycles. The van der Waals surface area contributed by atoms with Crippen LogP contribution < -0.4 is 10.1 Å². The van der Waals surface area contributed by atoms with Crippen molar-refractivity contribution in [3.05, 3.63) is 71.3 Å². The van der Waals surface area contributed by atoms with Crippen LogP contribution in [0.25, 0.3) is 0 Å². The lowest BCUT2D eigenvalue weighted by atomic mass is 10.1. The Morgan fingerprint density at radius 1 is 1.22 bits per heavy atom. The van der Waals surface area contributed by atoms with E-state index >= 15 is 0 Å². The van der Waals surface area contributed by atoms with Gasteiger partial charge < -0.3 is 10.1 Å². The summed E-state index contributed by atoms with van der Waals surface area (Å²) in [6.45, 7) is 2.85. The second-order valence-electron chi connectivity index (χ2n) is 6.67. The molecular formula is C21H22ClF3N2O4S. The van der Waals surface area contributed by atoms with Gasteiger partial charge >= 0.3 is 6.18 Å². The molecule has 0 aliphatic rings. The molecule has 0 radical (unpaired) electrons. The van der Waals surface area contributed by atoms with Crippen LogP contribution in [0, 0.1) is 0 Å². The van der Waals surface area contributed by atoms with E-state index in [0.29, 0.717) is 18.2 Å². The summed E-state index contributed by atoms with van der Waals surface area (Å²) >= 11 is 5.56. The number of hydrogen-bond acceptors (Lipinski definition) is 4. The summed E-state index contributed by atoms with van der Waals surface area (Å²) in [7, 11) is -2.87. The Balaban J connectivity index is 2.09. The fourth-order valence-corrected chi connectivity index (χ4v) is 4.40. The first-order chi connectivity index (χ1) is 15.0. The Bertz CT molecular complexity index is 1060. The molecule has 0 unspecified atom stereocenters. The lowest BCUT2D eigenvalue weighted by molar-refractivity contribution is -0.137. The number of halogens is 4. The summed E-state index contributed by atoms with van der Waals surface area (Å²) in [5.74, 6) is 0.0906. The number of amides is 1. The monoisotopic (exact) mass is 490 g/mol. The fourth-order valence-electron chi connectivity index (χ4n) is 2.78. The summed E-state index contributed by atoms with van der Waals surface area (Å²) < 4.78 is 70.9. The number of rotatable bonds is 10. The molecule has 0 bridgehead atoms. The van der Waals surface area contributed by atoms with Gasteiger partial charge in [-0.2, -0.15) is 17.5 Å². The molecule has 174 valence electrons. The van der Waals surface area contributed by atoms with E-state index in [1.165, 1.54) is 6.08 Å². The van der Waals surface area contributed by atoms with Crippen LogP contribution in [-0.4, -0.2) is 45.4 Å². The maximum atomic E-state index is 13.1. The van der Waals surface area contributed by atoms with Crippen molar-refractivity contribution in [2.75, 3.05) is 26.7 Å². The topological polar surface area (TPSA) is 75.7 Å². The van der Waals surface area contributed by atoms with E-state index < -0.39 is 44.1 Å². The number of nitrogens with one attached hydrogen (secondary N) is 1. The summed E-state index contributed by atoms with van der Waals surface area (Å²) in [6, 6.07) is 9.49. The Morgan fingerprint density at radius 2 is 1.88 bits per heavy atom. The van der Waals surface area contributed by atoms with Gasteiger partial charge in [0.25, 0.3) is 0 Å². The van der Waals surface area contributed by atoms with Gasteiger partial charge in [0, 0.05) is 13.1 Å². The maximum absolute atomic E-state index is 13.1. The predicted octanol–water partition coefficient (Wildman–Crippen LogP) is 3.90. The van der Waals surface area contributed by atoms with Crippen LogP contribution in [0.15, 0.2) is 60.0 Å². The molecule has 0 aliphatic heterocycles. The highest BCUT2D eigenvalue weighted by Gasteiger charge is 2.35. The SMILES string of the molecule is C=CCN(CC(=O)NCCc1ccc(OC)cc1)S(=O)(=O)c1ccc(Cl)c(C(F)(F)F)c1. The van der Waals surface area contributed by atoms with Gasteiger partial charge in [-0.3, -0.25) is 4.79 Å². The Morgan fingerprint density at radius 3 is 2.44 bits per heavy atom. The van der Waals surface area contributed by atoms with Crippen molar-refractivity contribution in [2.45, 2.75) is 17.5 Å². The minimum atomic E-state index is -4.83. The van der Waals surface area contributed by atoms with Crippen LogP contribution in [0.1, 0.15) is 11.1 Å². The first kappa shape index (κ1) is 25.7. The van der Waals surface area contributed by atoms with Gasteiger partial charge in [0.1, 0.15) is 5.75 Å². The minimum Gasteiger partial charge on any atom is -0.497 e. The average molecular weight is 491 g/mol. The summed E-state index contributed by atoms with van der Waals surface area (Å²) in [4.78, 5) is 11.7. The number of carbonyl (C=O) groups is 1. The van der Waals surface area contributed by atoms with Crippen LogP contribution in [0.3, 0.4) is 0 Å². The third kappa shape index (κ3) is 6.72. The van der Waals surface area contributed by atoms with Crippen LogP contribution in [0.2, 0.25) is 5.02 Å². The Hall–Kier alpha value is -2.56. The highest BCUT2D eigenvalue weighted by atomic mass is 35.5. The van der Waals surface area contributed by atoms with Crippen molar-refractivity contribution in [3.8, 4) is 5.75 Å². The highest BCUT2D eigenvalue weighted by molar-refractivity contribution is 7.89. The van der Waals surface area contributed by atoms with E-state index in [2.05, 4.69) is 11.9 Å². The zero-order valence-corrected chi connectivity index (χ0v) is 18.7. The second-order valence-corrected chi connectivity index (χ2v) is 9.02. The lowest BCUT2D eigenvalue weighted by Gasteiger charge is -2.21. The Kier molecular flexibility index (Phi) is 8.71. The predicted molar refractivity (Wildman–Crippen MR) is 115 cm³/mol. The molecule has 1 amide bonds. The highest BCUT2D eigenvalue weighted by Crippen LogP contribution is 2.36. The molecule has 0 saturated heterocycles. The summed E-state index contributed by atoms with van der Waals surface area (Å²) in [5, 5.41) is 1.98. The van der Waals surface area contributed by atoms with Crippen LogP contribution >= 0.6 is 11.6 Å². The molecule has 2 rings (SSSR count). The largest absolute Gasteiger partial charge is 0.497 e. The minimum absolute atomic E-state index is 0.242. The third-order valence-electron chi connectivity index (χ3n) is 4.43. The maximum Gasteiger partial charge on any atom is 0.417 e. The molecule has 11 heteroatoms. The average Bonchev–Trinajstić information content (AvgIpc) is 2.73. The van der Waals surface area contributed by atoms with E-state index in [-0.39, 0.29) is 13.1 Å². The molecule has 6 nitrogen and oxygen atoms in total. The van der Waals surface area contributed by atoms with Crippen molar-refractivity contribution in [2.24, 2.45) is 0 Å². The van der Waals surface area contributed by atoms with E-state index in [1.54, 1.807) is 19.2 Å². The standard InChI is InChI=1S/C21H22ClF3N2O4S/c1-3-12-27(14-20(28)26-11-10-15-4-6-16(31-2)7-5-15)32(29,30)17-8-9-19(22)18(13-17)21(23,24)25/h3-9,13H,1,10-12,14H2,2H3,(H,26,28). The van der Waals surface area contributed by atoms with Crippen LogP contribution in [-0.2, 0) is 27.4 Å². The number of sulfonamides is 1. The van der Waals surface area contributed by atoms with Gasteiger partial charge in [-0.05, 0) is 42.3 Å². The number of carbonyl (C=O) groups excluding carboxylic acids is 1. The third-order valence-corrected chi connectivity index (χ3v) is 6.57. The molecule has 0 fully saturated rings. The van der Waals surface area contributed by atoms with Gasteiger partial charge in [-0.15, -0.1) is 6.58 Å². The molecule has 0 aliphatic carbocycles. The molecular weight excluding hydrogens is 469 g/mol. The number of methoxy groups -OCH3 is 1. The van der Waals surface area contributed by atoms with Crippen molar-refractivity contribution < 1.29 is 31.1 Å². The van der Waals surface area contributed by atoms with E-state index in [4.69, 9.17) is 16.3 Å². The second kappa shape index (κ2) is 10.8. The van der Waals surface area contributed by atoms with Gasteiger partial charge in [0.05, 0.1) is 29.1 Å². The number of benzene rings is 2. The molecule has 2 aromatic carbocycles. The van der Waals surface area contributed by atoms with Crippen LogP contribution in [0.5, 0.6) is 5.75 Å². The quantitative estimate of drug-likeness (QED) is 0.512. The van der Waals surface area contributed by atoms with E-state index in [0.717, 1.165) is 22.0 Å². The first-order valence-corrected chi connectivity index (χ1v) is 11.2. The fraction of sp³-hybridized carbons (Fsp3) is 0.286. The molecule has 0 atom stereocenters. The van der Waals surface area contributed by atoms with Crippen LogP contribution in [0.4, 0.5) is 13.2 Å². The molecule has 2 aromatic rings. The van der Waals surface area contributed by atoms with Gasteiger partial charge in [0.2, 0.25) is 15.9 Å². The smallest absolute Gasteiger partial charge is 0.417 e. The van der Waals surface area contributed by atoms with Crippen molar-refractivity contribution in [1.29, 1.82) is 0 Å². The Labute approximate surface area is 189 Å². The van der Waals surface area contributed by atoms with E-state index in [1.807, 2.05) is 12.1 Å². The zero-order chi connectivity index (χ0) is 23.9. The van der Waals surface area contributed by atoms with Crippen molar-refractivity contribution >= 4 is 27.5 Å². The van der Waals surface area contributed by atoms with Crippen molar-refractivity contribution in [3.63, 3.8) is 0 Å². The number of alkyl halides is 3. The number of nitrogens with zero attached hydrogens (tertiary/aromatic N) is 1. The van der Waals surface area contributed by atoms with Gasteiger partial charge in [-0.1, -0.05) is 29.8 Å². The normalized spacial score (nSPS) is 11.9. The number of ether oxygens (including phenoxy) is 1. The summed E-state index contributed by atoms with van der Waals surface area (Å²) in [5.41, 5.74) is -0.342. The van der Waals surface area contributed by atoms with Crippen molar-refractivity contribution in [1.82, 2.24) is 9.62 Å². The molecule has 0 heterocycles. The number of hydrogen-bond donors (Lipinski definition) is 1. The molecule has 0 spiro atoms. The van der Waals surface area contributed by atoms with Gasteiger partial charge in [0.15, 0.2) is 0 Å². The molecule has 1 N–H and O–H groups in total. The first-order valence-electron chi connectivity index (χ1n) is 9.36. The zero-order valence-electron chi connectivity index (χ0n) is 17.2. The molecule has 0 saturated carbocycles.